The first-order chi connectivity index (χ1) is 7.31. The fourth-order valence-corrected chi connectivity index (χ4v) is 1.68. The lowest BCUT2D eigenvalue weighted by atomic mass is 10.1. The van der Waals surface area contributed by atoms with Gasteiger partial charge in [0.1, 0.15) is 0 Å². The van der Waals surface area contributed by atoms with Crippen LogP contribution < -0.4 is 5.48 Å². The second kappa shape index (κ2) is 12.0. The van der Waals surface area contributed by atoms with Crippen molar-refractivity contribution in [2.75, 3.05) is 26.7 Å². The summed E-state index contributed by atoms with van der Waals surface area (Å²) < 4.78 is 0. The van der Waals surface area contributed by atoms with Gasteiger partial charge in [0.15, 0.2) is 0 Å². The quantitative estimate of drug-likeness (QED) is 0.412. The van der Waals surface area contributed by atoms with Gasteiger partial charge in [-0.25, -0.2) is 5.48 Å². The highest BCUT2D eigenvalue weighted by molar-refractivity contribution is 4.53. The van der Waals surface area contributed by atoms with Gasteiger partial charge >= 0.3 is 0 Å². The first kappa shape index (κ1) is 14.9. The summed E-state index contributed by atoms with van der Waals surface area (Å²) in [4.78, 5) is 2.39. The molecule has 0 amide bonds. The molecule has 0 aromatic rings. The van der Waals surface area contributed by atoms with E-state index in [4.69, 9.17) is 5.21 Å². The minimum absolute atomic E-state index is 0.713. The van der Waals surface area contributed by atoms with Crippen molar-refractivity contribution >= 4 is 0 Å². The fraction of sp³-hybridized carbons (Fsp3) is 1.00. The predicted molar refractivity (Wildman–Crippen MR) is 65.3 cm³/mol. The summed E-state index contributed by atoms with van der Waals surface area (Å²) in [5.74, 6) is 0. The van der Waals surface area contributed by atoms with Gasteiger partial charge in [0.05, 0.1) is 0 Å². The molecule has 0 aromatic carbocycles. The Bertz CT molecular complexity index is 120. The number of hydrogen-bond acceptors (Lipinski definition) is 3. The number of nitrogens with one attached hydrogen (secondary N) is 1. The van der Waals surface area contributed by atoms with E-state index in [0.717, 1.165) is 13.0 Å². The maximum atomic E-state index is 8.39. The molecule has 92 valence electrons. The summed E-state index contributed by atoms with van der Waals surface area (Å²) in [6.07, 6.45) is 9.01. The van der Waals surface area contributed by atoms with E-state index < -0.39 is 0 Å². The highest BCUT2D eigenvalue weighted by atomic mass is 16.5. The summed E-state index contributed by atoms with van der Waals surface area (Å²) in [7, 11) is 2.19. The van der Waals surface area contributed by atoms with Gasteiger partial charge in [0.2, 0.25) is 0 Å². The molecule has 2 N–H and O–H groups in total. The van der Waals surface area contributed by atoms with Crippen molar-refractivity contribution in [1.29, 1.82) is 0 Å². The third kappa shape index (κ3) is 11.8. The van der Waals surface area contributed by atoms with Crippen LogP contribution in [0.2, 0.25) is 0 Å². The molecule has 0 aliphatic carbocycles. The van der Waals surface area contributed by atoms with Crippen LogP contribution in [0.4, 0.5) is 0 Å². The molecule has 0 spiro atoms. The van der Waals surface area contributed by atoms with Crippen molar-refractivity contribution in [2.24, 2.45) is 0 Å². The second-order valence-corrected chi connectivity index (χ2v) is 4.33. The van der Waals surface area contributed by atoms with Gasteiger partial charge in [-0.3, -0.25) is 0 Å². The third-order valence-corrected chi connectivity index (χ3v) is 2.72. The molecule has 0 aliphatic rings. The SMILES string of the molecule is CCCCCCCN(C)CCCCNO. The van der Waals surface area contributed by atoms with Gasteiger partial charge in [-0.2, -0.15) is 0 Å². The molecule has 0 saturated heterocycles. The van der Waals surface area contributed by atoms with E-state index in [2.05, 4.69) is 24.4 Å². The van der Waals surface area contributed by atoms with E-state index in [9.17, 15) is 0 Å². The van der Waals surface area contributed by atoms with Crippen LogP contribution in [-0.4, -0.2) is 36.8 Å². The van der Waals surface area contributed by atoms with Crippen molar-refractivity contribution in [3.63, 3.8) is 0 Å². The Kier molecular flexibility index (Phi) is 11.9. The molecular weight excluding hydrogens is 188 g/mol. The van der Waals surface area contributed by atoms with E-state index in [1.807, 2.05) is 0 Å². The predicted octanol–water partition coefficient (Wildman–Crippen LogP) is 2.65. The lowest BCUT2D eigenvalue weighted by Gasteiger charge is -2.16. The summed E-state index contributed by atoms with van der Waals surface area (Å²) in [5.41, 5.74) is 2.19. The monoisotopic (exact) mass is 216 g/mol. The highest BCUT2D eigenvalue weighted by Crippen LogP contribution is 2.03. The topological polar surface area (TPSA) is 35.5 Å². The zero-order chi connectivity index (χ0) is 11.4. The number of nitrogens with zero attached hydrogens (tertiary/aromatic N) is 1. The Hall–Kier alpha value is -0.120. The molecule has 0 aromatic heterocycles. The molecule has 0 saturated carbocycles. The van der Waals surface area contributed by atoms with Crippen LogP contribution in [0.1, 0.15) is 51.9 Å². The van der Waals surface area contributed by atoms with Crippen molar-refractivity contribution in [1.82, 2.24) is 10.4 Å². The van der Waals surface area contributed by atoms with Crippen LogP contribution in [0.3, 0.4) is 0 Å². The van der Waals surface area contributed by atoms with Crippen LogP contribution in [0.25, 0.3) is 0 Å². The number of unbranched alkanes of at least 4 members (excludes halogenated alkanes) is 5. The van der Waals surface area contributed by atoms with Gasteiger partial charge < -0.3 is 10.1 Å². The van der Waals surface area contributed by atoms with Gasteiger partial charge in [-0.05, 0) is 39.4 Å². The van der Waals surface area contributed by atoms with Crippen LogP contribution in [-0.2, 0) is 0 Å². The lowest BCUT2D eigenvalue weighted by molar-refractivity contribution is 0.163. The van der Waals surface area contributed by atoms with E-state index in [1.54, 1.807) is 0 Å². The van der Waals surface area contributed by atoms with E-state index in [-0.39, 0.29) is 0 Å². The Balaban J connectivity index is 3.08. The molecule has 0 heterocycles. The van der Waals surface area contributed by atoms with Crippen LogP contribution >= 0.6 is 0 Å². The van der Waals surface area contributed by atoms with Gasteiger partial charge in [0.25, 0.3) is 0 Å². The zero-order valence-corrected chi connectivity index (χ0v) is 10.5. The fourth-order valence-electron chi connectivity index (χ4n) is 1.68. The molecule has 3 nitrogen and oxygen atoms in total. The summed E-state index contributed by atoms with van der Waals surface area (Å²) >= 11 is 0. The molecule has 3 heteroatoms. The molecule has 0 atom stereocenters. The zero-order valence-electron chi connectivity index (χ0n) is 10.5. The maximum absolute atomic E-state index is 8.39. The third-order valence-electron chi connectivity index (χ3n) is 2.72. The Morgan fingerprint density at radius 1 is 0.933 bits per heavy atom. The highest BCUT2D eigenvalue weighted by Gasteiger charge is 1.97. The first-order valence-corrected chi connectivity index (χ1v) is 6.36. The number of hydroxylamine groups is 1. The van der Waals surface area contributed by atoms with Crippen molar-refractivity contribution < 1.29 is 5.21 Å². The average molecular weight is 216 g/mol. The van der Waals surface area contributed by atoms with Gasteiger partial charge in [-0.15, -0.1) is 0 Å². The largest absolute Gasteiger partial charge is 0.317 e. The summed E-state index contributed by atoms with van der Waals surface area (Å²) in [6.45, 7) is 5.33. The second-order valence-electron chi connectivity index (χ2n) is 4.33. The molecule has 0 aliphatic heterocycles. The van der Waals surface area contributed by atoms with Gasteiger partial charge in [0, 0.05) is 6.54 Å². The van der Waals surface area contributed by atoms with E-state index in [1.165, 1.54) is 45.1 Å². The first-order valence-electron chi connectivity index (χ1n) is 6.36. The molecular formula is C12H28N2O. The van der Waals surface area contributed by atoms with Gasteiger partial charge in [-0.1, -0.05) is 32.6 Å². The van der Waals surface area contributed by atoms with Crippen molar-refractivity contribution in [3.05, 3.63) is 0 Å². The summed E-state index contributed by atoms with van der Waals surface area (Å²) in [5, 5.41) is 8.39. The van der Waals surface area contributed by atoms with Crippen LogP contribution in [0, 0.1) is 0 Å². The molecule has 15 heavy (non-hydrogen) atoms. The standard InChI is InChI=1S/C12H28N2O/c1-3-4-5-6-8-11-14(2)12-9-7-10-13-15/h13,15H,3-12H2,1-2H3. The van der Waals surface area contributed by atoms with Crippen molar-refractivity contribution in [3.8, 4) is 0 Å². The minimum atomic E-state index is 0.713. The smallest absolute Gasteiger partial charge is 0.0207 e. The lowest BCUT2D eigenvalue weighted by Crippen LogP contribution is -2.22. The summed E-state index contributed by atoms with van der Waals surface area (Å²) in [6, 6.07) is 0. The normalized spacial score (nSPS) is 11.2. The van der Waals surface area contributed by atoms with Crippen LogP contribution in [0.15, 0.2) is 0 Å². The Labute approximate surface area is 94.8 Å². The van der Waals surface area contributed by atoms with Crippen LogP contribution in [0.5, 0.6) is 0 Å². The Morgan fingerprint density at radius 3 is 2.13 bits per heavy atom. The molecule has 0 unspecified atom stereocenters. The molecule has 0 rings (SSSR count). The number of rotatable bonds is 11. The van der Waals surface area contributed by atoms with Crippen molar-refractivity contribution in [2.45, 2.75) is 51.9 Å². The Morgan fingerprint density at radius 2 is 1.53 bits per heavy atom. The van der Waals surface area contributed by atoms with E-state index in [0.29, 0.717) is 6.54 Å². The maximum Gasteiger partial charge on any atom is 0.0207 e. The number of hydrogen-bond donors (Lipinski definition) is 2. The van der Waals surface area contributed by atoms with E-state index >= 15 is 0 Å². The average Bonchev–Trinajstić information content (AvgIpc) is 2.24. The molecule has 0 fully saturated rings. The molecule has 0 bridgehead atoms. The minimum Gasteiger partial charge on any atom is -0.317 e. The molecule has 0 radical (unpaired) electrons.